The van der Waals surface area contributed by atoms with Crippen LogP contribution in [0.2, 0.25) is 0 Å². The van der Waals surface area contributed by atoms with Gasteiger partial charge in [-0.1, -0.05) is 0 Å². The number of amides is 1. The summed E-state index contributed by atoms with van der Waals surface area (Å²) >= 11 is 0. The number of ether oxygens (including phenoxy) is 1. The summed E-state index contributed by atoms with van der Waals surface area (Å²) in [5.41, 5.74) is 1.46. The molecular formula is C19H23N3O4S. The maximum atomic E-state index is 12.8. The average molecular weight is 389 g/mol. The van der Waals surface area contributed by atoms with E-state index in [0.29, 0.717) is 45.0 Å². The molecule has 1 aromatic heterocycles. The van der Waals surface area contributed by atoms with E-state index in [1.807, 2.05) is 19.1 Å². The van der Waals surface area contributed by atoms with Gasteiger partial charge in [0.15, 0.2) is 0 Å². The monoisotopic (exact) mass is 389 g/mol. The van der Waals surface area contributed by atoms with Gasteiger partial charge in [-0.2, -0.15) is 4.31 Å². The van der Waals surface area contributed by atoms with Crippen molar-refractivity contribution in [3.05, 3.63) is 59.9 Å². The smallest absolute Gasteiger partial charge is 0.254 e. The van der Waals surface area contributed by atoms with Crippen LogP contribution in [0.3, 0.4) is 0 Å². The molecule has 0 unspecified atom stereocenters. The second-order valence-electron chi connectivity index (χ2n) is 6.22. The standard InChI is InChI=1S/C19H23N3O4S/c1-2-21(15-16-7-9-20-10-8-16)19(23)17-3-5-18(6-4-17)27(24,25)22-11-13-26-14-12-22/h3-10H,2,11-15H2,1H3. The third-order valence-corrected chi connectivity index (χ3v) is 6.41. The van der Waals surface area contributed by atoms with Crippen LogP contribution in [-0.4, -0.2) is 61.4 Å². The van der Waals surface area contributed by atoms with Crippen LogP contribution in [0.15, 0.2) is 53.7 Å². The van der Waals surface area contributed by atoms with Crippen LogP contribution in [-0.2, 0) is 21.3 Å². The number of sulfonamides is 1. The van der Waals surface area contributed by atoms with Crippen molar-refractivity contribution < 1.29 is 17.9 Å². The topological polar surface area (TPSA) is 79.8 Å². The molecule has 0 atom stereocenters. The Kier molecular flexibility index (Phi) is 6.20. The number of carbonyl (C=O) groups is 1. The van der Waals surface area contributed by atoms with Crippen LogP contribution < -0.4 is 0 Å². The van der Waals surface area contributed by atoms with Gasteiger partial charge >= 0.3 is 0 Å². The molecule has 0 radical (unpaired) electrons. The van der Waals surface area contributed by atoms with E-state index < -0.39 is 10.0 Å². The summed E-state index contributed by atoms with van der Waals surface area (Å²) in [4.78, 5) is 18.7. The van der Waals surface area contributed by atoms with Gasteiger partial charge in [0.05, 0.1) is 18.1 Å². The molecule has 1 fully saturated rings. The summed E-state index contributed by atoms with van der Waals surface area (Å²) < 4.78 is 32.0. The molecule has 1 aliphatic heterocycles. The van der Waals surface area contributed by atoms with Crippen molar-refractivity contribution in [3.8, 4) is 0 Å². The van der Waals surface area contributed by atoms with Gasteiger partial charge in [0.25, 0.3) is 5.91 Å². The second-order valence-corrected chi connectivity index (χ2v) is 8.15. The van der Waals surface area contributed by atoms with Crippen LogP contribution in [0.4, 0.5) is 0 Å². The number of aromatic nitrogens is 1. The fourth-order valence-corrected chi connectivity index (χ4v) is 4.33. The Morgan fingerprint density at radius 3 is 2.33 bits per heavy atom. The van der Waals surface area contributed by atoms with E-state index in [-0.39, 0.29) is 10.8 Å². The molecule has 1 saturated heterocycles. The molecule has 8 heteroatoms. The summed E-state index contributed by atoms with van der Waals surface area (Å²) in [7, 11) is -3.56. The highest BCUT2D eigenvalue weighted by atomic mass is 32.2. The first-order chi connectivity index (χ1) is 13.0. The summed E-state index contributed by atoms with van der Waals surface area (Å²) in [5, 5.41) is 0. The molecular weight excluding hydrogens is 366 g/mol. The highest BCUT2D eigenvalue weighted by Crippen LogP contribution is 2.19. The van der Waals surface area contributed by atoms with Gasteiger partial charge in [-0.3, -0.25) is 9.78 Å². The van der Waals surface area contributed by atoms with Gasteiger partial charge in [0, 0.05) is 44.1 Å². The SMILES string of the molecule is CCN(Cc1ccncc1)C(=O)c1ccc(S(=O)(=O)N2CCOCC2)cc1. The Morgan fingerprint density at radius 1 is 1.11 bits per heavy atom. The molecule has 3 rings (SSSR count). The zero-order valence-electron chi connectivity index (χ0n) is 15.2. The van der Waals surface area contributed by atoms with E-state index in [1.54, 1.807) is 29.4 Å². The van der Waals surface area contributed by atoms with Gasteiger partial charge < -0.3 is 9.64 Å². The minimum Gasteiger partial charge on any atom is -0.379 e. The number of nitrogens with zero attached hydrogens (tertiary/aromatic N) is 3. The van der Waals surface area contributed by atoms with E-state index in [1.165, 1.54) is 16.4 Å². The molecule has 1 aromatic carbocycles. The maximum Gasteiger partial charge on any atom is 0.254 e. The van der Waals surface area contributed by atoms with E-state index in [2.05, 4.69) is 4.98 Å². The van der Waals surface area contributed by atoms with E-state index in [9.17, 15) is 13.2 Å². The number of benzene rings is 1. The Balaban J connectivity index is 1.74. The zero-order chi connectivity index (χ0) is 19.3. The summed E-state index contributed by atoms with van der Waals surface area (Å²) in [6.45, 7) is 4.43. The Labute approximate surface area is 159 Å². The van der Waals surface area contributed by atoms with Crippen LogP contribution in [0.5, 0.6) is 0 Å². The lowest BCUT2D eigenvalue weighted by Gasteiger charge is -2.26. The Morgan fingerprint density at radius 2 is 1.74 bits per heavy atom. The largest absolute Gasteiger partial charge is 0.379 e. The van der Waals surface area contributed by atoms with Crippen molar-refractivity contribution in [2.24, 2.45) is 0 Å². The Hall–Kier alpha value is -2.29. The lowest BCUT2D eigenvalue weighted by molar-refractivity contribution is 0.0730. The normalized spacial score (nSPS) is 15.4. The minimum atomic E-state index is -3.56. The van der Waals surface area contributed by atoms with Crippen LogP contribution in [0.1, 0.15) is 22.8 Å². The average Bonchev–Trinajstić information content (AvgIpc) is 2.73. The van der Waals surface area contributed by atoms with Crippen LogP contribution >= 0.6 is 0 Å². The molecule has 0 bridgehead atoms. The minimum absolute atomic E-state index is 0.135. The van der Waals surface area contributed by atoms with Crippen molar-refractivity contribution in [2.45, 2.75) is 18.4 Å². The molecule has 0 saturated carbocycles. The molecule has 2 heterocycles. The van der Waals surface area contributed by atoms with Crippen molar-refractivity contribution in [3.63, 3.8) is 0 Å². The quantitative estimate of drug-likeness (QED) is 0.752. The number of hydrogen-bond donors (Lipinski definition) is 0. The van der Waals surface area contributed by atoms with E-state index in [0.717, 1.165) is 5.56 Å². The summed E-state index contributed by atoms with van der Waals surface area (Å²) in [6, 6.07) is 9.88. The van der Waals surface area contributed by atoms with Crippen molar-refractivity contribution >= 4 is 15.9 Å². The highest BCUT2D eigenvalue weighted by Gasteiger charge is 2.26. The van der Waals surface area contributed by atoms with Crippen LogP contribution in [0, 0.1) is 0 Å². The molecule has 0 aliphatic carbocycles. The lowest BCUT2D eigenvalue weighted by Crippen LogP contribution is -2.40. The maximum absolute atomic E-state index is 12.8. The lowest BCUT2D eigenvalue weighted by atomic mass is 10.1. The molecule has 7 nitrogen and oxygen atoms in total. The first-order valence-electron chi connectivity index (χ1n) is 8.88. The third-order valence-electron chi connectivity index (χ3n) is 4.50. The summed E-state index contributed by atoms with van der Waals surface area (Å²) in [5.74, 6) is -0.135. The summed E-state index contributed by atoms with van der Waals surface area (Å²) in [6.07, 6.45) is 3.39. The molecule has 1 amide bonds. The highest BCUT2D eigenvalue weighted by molar-refractivity contribution is 7.89. The van der Waals surface area contributed by atoms with Crippen molar-refractivity contribution in [2.75, 3.05) is 32.8 Å². The zero-order valence-corrected chi connectivity index (χ0v) is 16.1. The Bertz CT molecular complexity index is 864. The third kappa shape index (κ3) is 4.52. The van der Waals surface area contributed by atoms with Gasteiger partial charge in [-0.15, -0.1) is 0 Å². The number of hydrogen-bond acceptors (Lipinski definition) is 5. The molecule has 144 valence electrons. The first kappa shape index (κ1) is 19.5. The van der Waals surface area contributed by atoms with E-state index >= 15 is 0 Å². The van der Waals surface area contributed by atoms with Crippen molar-refractivity contribution in [1.82, 2.24) is 14.2 Å². The molecule has 1 aliphatic rings. The fraction of sp³-hybridized carbons (Fsp3) is 0.368. The molecule has 0 spiro atoms. The van der Waals surface area contributed by atoms with Gasteiger partial charge in [-0.05, 0) is 48.9 Å². The van der Waals surface area contributed by atoms with Gasteiger partial charge in [0.1, 0.15) is 0 Å². The fourth-order valence-electron chi connectivity index (χ4n) is 2.92. The first-order valence-corrected chi connectivity index (χ1v) is 10.3. The number of rotatable bonds is 6. The number of carbonyl (C=O) groups excluding carboxylic acids is 1. The van der Waals surface area contributed by atoms with Crippen LogP contribution in [0.25, 0.3) is 0 Å². The second kappa shape index (κ2) is 8.60. The molecule has 0 N–H and O–H groups in total. The van der Waals surface area contributed by atoms with Gasteiger partial charge in [0.2, 0.25) is 10.0 Å². The number of morpholine rings is 1. The molecule has 2 aromatic rings. The van der Waals surface area contributed by atoms with E-state index in [4.69, 9.17) is 4.74 Å². The predicted octanol–water partition coefficient (Wildman–Crippen LogP) is 1.76. The van der Waals surface area contributed by atoms with Gasteiger partial charge in [-0.25, -0.2) is 8.42 Å². The van der Waals surface area contributed by atoms with Crippen molar-refractivity contribution in [1.29, 1.82) is 0 Å². The molecule has 27 heavy (non-hydrogen) atoms. The predicted molar refractivity (Wildman–Crippen MR) is 101 cm³/mol. The number of pyridine rings is 1.